The average Bonchev–Trinajstić information content (AvgIpc) is 2.96. The van der Waals surface area contributed by atoms with Crippen LogP contribution in [-0.2, 0) is 6.54 Å². The summed E-state index contributed by atoms with van der Waals surface area (Å²) in [6.07, 6.45) is 2.36. The Morgan fingerprint density at radius 3 is 2.83 bits per heavy atom. The lowest BCUT2D eigenvalue weighted by Gasteiger charge is -2.35. The largest absolute Gasteiger partial charge is 0.497 e. The van der Waals surface area contributed by atoms with Crippen molar-refractivity contribution in [3.63, 3.8) is 0 Å². The quantitative estimate of drug-likeness (QED) is 0.903. The highest BCUT2D eigenvalue weighted by Gasteiger charge is 2.22. The molecule has 2 heterocycles. The number of ether oxygens (including phenoxy) is 1. The molecule has 5 nitrogen and oxygen atoms in total. The number of piperidine rings is 1. The van der Waals surface area contributed by atoms with Crippen molar-refractivity contribution in [2.24, 2.45) is 0 Å². The van der Waals surface area contributed by atoms with Gasteiger partial charge in [-0.05, 0) is 52.2 Å². The standard InChI is InChI=1S/C18H25N3O2S/c1-20-9-7-14(8-10-20)21(2)12-16-17(19-18(22)24-16)13-5-4-6-15(11-13)23-3/h4-6,11,14H,7-10,12H2,1-3H3,(H,19,22). The third-order valence-electron chi connectivity index (χ3n) is 4.78. The van der Waals surface area contributed by atoms with Gasteiger partial charge in [0.1, 0.15) is 5.75 Å². The van der Waals surface area contributed by atoms with Gasteiger partial charge in [0.05, 0.1) is 12.8 Å². The fraction of sp³-hybridized carbons (Fsp3) is 0.500. The first-order chi connectivity index (χ1) is 11.6. The smallest absolute Gasteiger partial charge is 0.305 e. The summed E-state index contributed by atoms with van der Waals surface area (Å²) in [7, 11) is 5.99. The zero-order valence-corrected chi connectivity index (χ0v) is 15.4. The summed E-state index contributed by atoms with van der Waals surface area (Å²) in [4.78, 5) is 20.8. The lowest BCUT2D eigenvalue weighted by molar-refractivity contribution is 0.140. The fourth-order valence-electron chi connectivity index (χ4n) is 3.27. The van der Waals surface area contributed by atoms with Gasteiger partial charge in [-0.1, -0.05) is 23.5 Å². The van der Waals surface area contributed by atoms with E-state index in [-0.39, 0.29) is 4.87 Å². The van der Waals surface area contributed by atoms with Gasteiger partial charge in [0, 0.05) is 23.0 Å². The van der Waals surface area contributed by atoms with E-state index < -0.39 is 0 Å². The van der Waals surface area contributed by atoms with Gasteiger partial charge in [0.15, 0.2) is 0 Å². The van der Waals surface area contributed by atoms with Crippen LogP contribution in [0.1, 0.15) is 17.7 Å². The molecule has 0 amide bonds. The van der Waals surface area contributed by atoms with Gasteiger partial charge in [0.2, 0.25) is 0 Å². The minimum Gasteiger partial charge on any atom is -0.497 e. The normalized spacial score (nSPS) is 16.7. The van der Waals surface area contributed by atoms with Crippen LogP contribution in [0.2, 0.25) is 0 Å². The molecule has 130 valence electrons. The minimum absolute atomic E-state index is 0.000373. The van der Waals surface area contributed by atoms with Crippen molar-refractivity contribution in [2.75, 3.05) is 34.3 Å². The molecule has 1 saturated heterocycles. The van der Waals surface area contributed by atoms with Gasteiger partial charge in [-0.3, -0.25) is 9.69 Å². The van der Waals surface area contributed by atoms with E-state index in [0.717, 1.165) is 41.5 Å². The number of aromatic nitrogens is 1. The van der Waals surface area contributed by atoms with E-state index in [1.54, 1.807) is 7.11 Å². The molecule has 1 aromatic carbocycles. The molecule has 1 aliphatic rings. The summed E-state index contributed by atoms with van der Waals surface area (Å²) in [6, 6.07) is 8.43. The van der Waals surface area contributed by atoms with E-state index >= 15 is 0 Å². The maximum atomic E-state index is 11.9. The third kappa shape index (κ3) is 3.88. The predicted molar refractivity (Wildman–Crippen MR) is 98.9 cm³/mol. The van der Waals surface area contributed by atoms with Crippen LogP contribution >= 0.6 is 11.3 Å². The second kappa shape index (κ2) is 7.51. The Kier molecular flexibility index (Phi) is 5.38. The van der Waals surface area contributed by atoms with E-state index in [1.165, 1.54) is 24.2 Å². The van der Waals surface area contributed by atoms with Gasteiger partial charge in [-0.2, -0.15) is 0 Å². The number of thiazole rings is 1. The van der Waals surface area contributed by atoms with Crippen LogP contribution in [0, 0.1) is 0 Å². The van der Waals surface area contributed by atoms with Gasteiger partial charge in [-0.15, -0.1) is 0 Å². The highest BCUT2D eigenvalue weighted by atomic mass is 32.1. The molecule has 0 unspecified atom stereocenters. The Bertz CT molecular complexity index is 732. The van der Waals surface area contributed by atoms with Crippen LogP contribution < -0.4 is 9.61 Å². The highest BCUT2D eigenvalue weighted by Crippen LogP contribution is 2.28. The van der Waals surface area contributed by atoms with Crippen molar-refractivity contribution < 1.29 is 4.74 Å². The number of benzene rings is 1. The van der Waals surface area contributed by atoms with Gasteiger partial charge in [0.25, 0.3) is 0 Å². The van der Waals surface area contributed by atoms with E-state index in [4.69, 9.17) is 4.74 Å². The molecule has 2 aromatic rings. The van der Waals surface area contributed by atoms with Crippen LogP contribution in [0.3, 0.4) is 0 Å². The van der Waals surface area contributed by atoms with E-state index in [0.29, 0.717) is 6.04 Å². The second-order valence-corrected chi connectivity index (χ2v) is 7.56. The Hall–Kier alpha value is -1.63. The number of methoxy groups -OCH3 is 1. The summed E-state index contributed by atoms with van der Waals surface area (Å²) in [5, 5.41) is 0. The maximum Gasteiger partial charge on any atom is 0.305 e. The number of nitrogens with zero attached hydrogens (tertiary/aromatic N) is 2. The molecule has 0 spiro atoms. The number of nitrogens with one attached hydrogen (secondary N) is 1. The lowest BCUT2D eigenvalue weighted by atomic mass is 10.0. The van der Waals surface area contributed by atoms with Gasteiger partial charge >= 0.3 is 4.87 Å². The van der Waals surface area contributed by atoms with Crippen LogP contribution in [-0.4, -0.2) is 55.1 Å². The first-order valence-corrected chi connectivity index (χ1v) is 9.13. The van der Waals surface area contributed by atoms with E-state index in [2.05, 4.69) is 28.9 Å². The fourth-order valence-corrected chi connectivity index (χ4v) is 4.19. The Balaban J connectivity index is 1.80. The van der Waals surface area contributed by atoms with Crippen LogP contribution in [0.15, 0.2) is 29.1 Å². The number of hydrogen-bond donors (Lipinski definition) is 1. The molecule has 24 heavy (non-hydrogen) atoms. The molecular weight excluding hydrogens is 322 g/mol. The van der Waals surface area contributed by atoms with E-state index in [9.17, 15) is 4.79 Å². The van der Waals surface area contributed by atoms with Crippen LogP contribution in [0.25, 0.3) is 11.3 Å². The Labute approximate surface area is 146 Å². The molecule has 0 bridgehead atoms. The maximum absolute atomic E-state index is 11.9. The zero-order chi connectivity index (χ0) is 17.1. The van der Waals surface area contributed by atoms with Crippen molar-refractivity contribution in [1.82, 2.24) is 14.8 Å². The van der Waals surface area contributed by atoms with Crippen molar-refractivity contribution in [3.05, 3.63) is 38.8 Å². The first kappa shape index (κ1) is 17.2. The average molecular weight is 347 g/mol. The summed E-state index contributed by atoms with van der Waals surface area (Å²) >= 11 is 1.31. The summed E-state index contributed by atoms with van der Waals surface area (Å²) < 4.78 is 5.31. The van der Waals surface area contributed by atoms with Crippen molar-refractivity contribution in [3.8, 4) is 17.0 Å². The summed E-state index contributed by atoms with van der Waals surface area (Å²) in [5.41, 5.74) is 1.92. The zero-order valence-electron chi connectivity index (χ0n) is 14.5. The predicted octanol–water partition coefficient (Wildman–Crippen LogP) is 2.64. The SMILES string of the molecule is COc1cccc(-c2[nH]c(=O)sc2CN(C)C2CCN(C)CC2)c1. The molecule has 6 heteroatoms. The molecule has 3 rings (SSSR count). The first-order valence-electron chi connectivity index (χ1n) is 8.32. The highest BCUT2D eigenvalue weighted by molar-refractivity contribution is 7.09. The molecule has 1 aliphatic heterocycles. The van der Waals surface area contributed by atoms with Crippen molar-refractivity contribution in [1.29, 1.82) is 0 Å². The van der Waals surface area contributed by atoms with Crippen molar-refractivity contribution in [2.45, 2.75) is 25.4 Å². The molecule has 0 saturated carbocycles. The molecule has 1 aromatic heterocycles. The van der Waals surface area contributed by atoms with Gasteiger partial charge in [-0.25, -0.2) is 0 Å². The molecule has 1 N–H and O–H groups in total. The Morgan fingerprint density at radius 2 is 2.12 bits per heavy atom. The number of likely N-dealkylation sites (tertiary alicyclic amines) is 1. The van der Waals surface area contributed by atoms with Crippen LogP contribution in [0.4, 0.5) is 0 Å². The van der Waals surface area contributed by atoms with Crippen LogP contribution in [0.5, 0.6) is 5.75 Å². The monoisotopic (exact) mass is 347 g/mol. The minimum atomic E-state index is -0.000373. The Morgan fingerprint density at radius 1 is 1.38 bits per heavy atom. The van der Waals surface area contributed by atoms with E-state index in [1.807, 2.05) is 24.3 Å². The number of H-pyrrole nitrogens is 1. The molecule has 0 aliphatic carbocycles. The summed E-state index contributed by atoms with van der Waals surface area (Å²) in [6.45, 7) is 3.08. The third-order valence-corrected chi connectivity index (χ3v) is 5.65. The van der Waals surface area contributed by atoms with Gasteiger partial charge < -0.3 is 14.6 Å². The lowest BCUT2D eigenvalue weighted by Crippen LogP contribution is -2.41. The number of aromatic amines is 1. The molecule has 0 atom stereocenters. The summed E-state index contributed by atoms with van der Waals surface area (Å²) in [5.74, 6) is 0.800. The molecule has 1 fully saturated rings. The number of hydrogen-bond acceptors (Lipinski definition) is 5. The number of rotatable bonds is 5. The topological polar surface area (TPSA) is 48.6 Å². The molecule has 0 radical (unpaired) electrons. The molecular formula is C18H25N3O2S. The van der Waals surface area contributed by atoms with Crippen molar-refractivity contribution >= 4 is 11.3 Å². The second-order valence-electron chi connectivity index (χ2n) is 6.49.